The van der Waals surface area contributed by atoms with Crippen LogP contribution in [0.5, 0.6) is 0 Å². The third-order valence-electron chi connectivity index (χ3n) is 3.69. The third kappa shape index (κ3) is 7.88. The van der Waals surface area contributed by atoms with Crippen LogP contribution in [-0.2, 0) is 0 Å². The van der Waals surface area contributed by atoms with Gasteiger partial charge in [-0.15, -0.1) is 0 Å². The molecular weight excluding hydrogens is 180 g/mol. The second-order valence-electron chi connectivity index (χ2n) is 6.34. The van der Waals surface area contributed by atoms with E-state index in [0.29, 0.717) is 5.41 Å². The minimum Gasteiger partial charge on any atom is -0.0654 e. The van der Waals surface area contributed by atoms with Crippen molar-refractivity contribution in [3.05, 3.63) is 0 Å². The standard InChI is InChI=1S/C15H32/c1-7-9-14(12-13(3)4)10-11-15(5,6)8-2/h13-14H,7-12H2,1-6H3. The summed E-state index contributed by atoms with van der Waals surface area (Å²) in [6.45, 7) is 14.2. The van der Waals surface area contributed by atoms with Crippen LogP contribution >= 0.6 is 0 Å². The molecular formula is C15H32. The van der Waals surface area contributed by atoms with Gasteiger partial charge in [0.15, 0.2) is 0 Å². The Hall–Kier alpha value is 0. The van der Waals surface area contributed by atoms with Crippen LogP contribution in [-0.4, -0.2) is 0 Å². The fourth-order valence-corrected chi connectivity index (χ4v) is 2.23. The van der Waals surface area contributed by atoms with E-state index in [9.17, 15) is 0 Å². The van der Waals surface area contributed by atoms with Crippen molar-refractivity contribution in [1.29, 1.82) is 0 Å². The zero-order valence-electron chi connectivity index (χ0n) is 11.9. The molecule has 92 valence electrons. The zero-order valence-corrected chi connectivity index (χ0v) is 11.9. The summed E-state index contributed by atoms with van der Waals surface area (Å²) < 4.78 is 0. The van der Waals surface area contributed by atoms with Gasteiger partial charge < -0.3 is 0 Å². The lowest BCUT2D eigenvalue weighted by atomic mass is 9.80. The van der Waals surface area contributed by atoms with Crippen molar-refractivity contribution in [2.24, 2.45) is 17.3 Å². The van der Waals surface area contributed by atoms with E-state index in [2.05, 4.69) is 41.5 Å². The van der Waals surface area contributed by atoms with E-state index < -0.39 is 0 Å². The summed E-state index contributed by atoms with van der Waals surface area (Å²) in [7, 11) is 0. The normalized spacial score (nSPS) is 14.6. The van der Waals surface area contributed by atoms with Gasteiger partial charge in [0.1, 0.15) is 0 Å². The molecule has 0 aliphatic rings. The predicted octanol–water partition coefficient (Wildman–Crippen LogP) is 5.67. The highest BCUT2D eigenvalue weighted by molar-refractivity contribution is 4.70. The maximum Gasteiger partial charge on any atom is -0.0357 e. The lowest BCUT2D eigenvalue weighted by Crippen LogP contribution is -2.13. The van der Waals surface area contributed by atoms with Crippen LogP contribution in [0.4, 0.5) is 0 Å². The van der Waals surface area contributed by atoms with Crippen LogP contribution < -0.4 is 0 Å². The topological polar surface area (TPSA) is 0 Å². The van der Waals surface area contributed by atoms with Gasteiger partial charge in [-0.05, 0) is 36.5 Å². The van der Waals surface area contributed by atoms with Crippen LogP contribution in [0, 0.1) is 17.3 Å². The highest BCUT2D eigenvalue weighted by Crippen LogP contribution is 2.31. The molecule has 0 bridgehead atoms. The van der Waals surface area contributed by atoms with E-state index in [1.165, 1.54) is 38.5 Å². The molecule has 0 nitrogen and oxygen atoms in total. The molecule has 1 atom stereocenters. The smallest absolute Gasteiger partial charge is 0.0357 e. The maximum atomic E-state index is 2.41. The number of rotatable bonds is 8. The van der Waals surface area contributed by atoms with Gasteiger partial charge in [-0.2, -0.15) is 0 Å². The van der Waals surface area contributed by atoms with Crippen molar-refractivity contribution < 1.29 is 0 Å². The van der Waals surface area contributed by atoms with E-state index in [0.717, 1.165) is 11.8 Å². The molecule has 0 spiro atoms. The largest absolute Gasteiger partial charge is 0.0654 e. The van der Waals surface area contributed by atoms with Gasteiger partial charge in [-0.1, -0.05) is 60.8 Å². The summed E-state index contributed by atoms with van der Waals surface area (Å²) in [6, 6.07) is 0. The van der Waals surface area contributed by atoms with Crippen LogP contribution in [0.15, 0.2) is 0 Å². The van der Waals surface area contributed by atoms with Gasteiger partial charge in [-0.3, -0.25) is 0 Å². The molecule has 0 aliphatic carbocycles. The predicted molar refractivity (Wildman–Crippen MR) is 71.2 cm³/mol. The molecule has 0 amide bonds. The first-order chi connectivity index (χ1) is 6.91. The van der Waals surface area contributed by atoms with Crippen molar-refractivity contribution in [2.75, 3.05) is 0 Å². The minimum absolute atomic E-state index is 0.559. The van der Waals surface area contributed by atoms with Crippen molar-refractivity contribution in [3.8, 4) is 0 Å². The van der Waals surface area contributed by atoms with Crippen molar-refractivity contribution in [3.63, 3.8) is 0 Å². The van der Waals surface area contributed by atoms with E-state index in [4.69, 9.17) is 0 Å². The van der Waals surface area contributed by atoms with Gasteiger partial charge in [-0.25, -0.2) is 0 Å². The fourth-order valence-electron chi connectivity index (χ4n) is 2.23. The molecule has 1 unspecified atom stereocenters. The monoisotopic (exact) mass is 212 g/mol. The summed E-state index contributed by atoms with van der Waals surface area (Å²) in [5.41, 5.74) is 0.559. The van der Waals surface area contributed by atoms with E-state index in [-0.39, 0.29) is 0 Å². The van der Waals surface area contributed by atoms with Gasteiger partial charge >= 0.3 is 0 Å². The highest BCUT2D eigenvalue weighted by Gasteiger charge is 2.18. The Morgan fingerprint density at radius 3 is 2.00 bits per heavy atom. The quantitative estimate of drug-likeness (QED) is 0.486. The van der Waals surface area contributed by atoms with Gasteiger partial charge in [0.05, 0.1) is 0 Å². The Kier molecular flexibility index (Phi) is 7.30. The van der Waals surface area contributed by atoms with Gasteiger partial charge in [0.2, 0.25) is 0 Å². The molecule has 0 saturated carbocycles. The molecule has 0 aromatic heterocycles. The molecule has 15 heavy (non-hydrogen) atoms. The summed E-state index contributed by atoms with van der Waals surface area (Å²) in [5, 5.41) is 0. The lowest BCUT2D eigenvalue weighted by molar-refractivity contribution is 0.258. The second-order valence-corrected chi connectivity index (χ2v) is 6.34. The average Bonchev–Trinajstić information content (AvgIpc) is 2.14. The summed E-state index contributed by atoms with van der Waals surface area (Å²) >= 11 is 0. The minimum atomic E-state index is 0.559. The molecule has 0 fully saturated rings. The molecule has 0 N–H and O–H groups in total. The molecule has 0 aliphatic heterocycles. The van der Waals surface area contributed by atoms with Crippen LogP contribution in [0.25, 0.3) is 0 Å². The Bertz CT molecular complexity index is 144. The number of hydrogen-bond donors (Lipinski definition) is 0. The summed E-state index contributed by atoms with van der Waals surface area (Å²) in [4.78, 5) is 0. The van der Waals surface area contributed by atoms with E-state index >= 15 is 0 Å². The molecule has 0 saturated heterocycles. The molecule has 0 radical (unpaired) electrons. The second kappa shape index (κ2) is 7.30. The Morgan fingerprint density at radius 2 is 1.60 bits per heavy atom. The first-order valence-corrected chi connectivity index (χ1v) is 6.91. The van der Waals surface area contributed by atoms with Crippen molar-refractivity contribution in [1.82, 2.24) is 0 Å². The van der Waals surface area contributed by atoms with Gasteiger partial charge in [0.25, 0.3) is 0 Å². The molecule has 0 rings (SSSR count). The first-order valence-electron chi connectivity index (χ1n) is 6.91. The maximum absolute atomic E-state index is 2.41. The van der Waals surface area contributed by atoms with Crippen molar-refractivity contribution >= 4 is 0 Å². The summed E-state index contributed by atoms with van der Waals surface area (Å²) in [6.07, 6.45) is 8.36. The lowest BCUT2D eigenvalue weighted by Gasteiger charge is -2.26. The highest BCUT2D eigenvalue weighted by atomic mass is 14.2. The Labute approximate surface area is 97.8 Å². The fraction of sp³-hybridized carbons (Fsp3) is 1.00. The average molecular weight is 212 g/mol. The molecule has 0 aromatic carbocycles. The Morgan fingerprint density at radius 1 is 1.00 bits per heavy atom. The first kappa shape index (κ1) is 15.0. The molecule has 0 heterocycles. The third-order valence-corrected chi connectivity index (χ3v) is 3.69. The number of hydrogen-bond acceptors (Lipinski definition) is 0. The zero-order chi connectivity index (χ0) is 11.9. The van der Waals surface area contributed by atoms with Crippen LogP contribution in [0.1, 0.15) is 80.1 Å². The molecule has 0 heteroatoms. The summed E-state index contributed by atoms with van der Waals surface area (Å²) in [5.74, 6) is 1.84. The molecule has 0 aromatic rings. The van der Waals surface area contributed by atoms with Crippen molar-refractivity contribution in [2.45, 2.75) is 80.1 Å². The Balaban J connectivity index is 3.94. The van der Waals surface area contributed by atoms with E-state index in [1.807, 2.05) is 0 Å². The van der Waals surface area contributed by atoms with Crippen LogP contribution in [0.3, 0.4) is 0 Å². The van der Waals surface area contributed by atoms with E-state index in [1.54, 1.807) is 0 Å². The van der Waals surface area contributed by atoms with Crippen LogP contribution in [0.2, 0.25) is 0 Å². The van der Waals surface area contributed by atoms with Gasteiger partial charge in [0, 0.05) is 0 Å². The SMILES string of the molecule is CCCC(CCC(C)(C)CC)CC(C)C.